The summed E-state index contributed by atoms with van der Waals surface area (Å²) < 4.78 is 13.9. The molecule has 1 aliphatic carbocycles. The first-order valence-electron chi connectivity index (χ1n) is 9.94. The SMILES string of the molecule is CCNC(=NCCCN1CCN(c2ccccc2F)CC1)NC1CC1C. The van der Waals surface area contributed by atoms with Crippen molar-refractivity contribution >= 4 is 11.6 Å². The van der Waals surface area contributed by atoms with E-state index < -0.39 is 0 Å². The molecule has 1 heterocycles. The van der Waals surface area contributed by atoms with Gasteiger partial charge < -0.3 is 15.5 Å². The summed E-state index contributed by atoms with van der Waals surface area (Å²) in [7, 11) is 0. The number of benzene rings is 1. The van der Waals surface area contributed by atoms with Crippen LogP contribution in [0.25, 0.3) is 0 Å². The van der Waals surface area contributed by atoms with Crippen LogP contribution in [0.3, 0.4) is 0 Å². The van der Waals surface area contributed by atoms with Crippen LogP contribution in [0, 0.1) is 11.7 Å². The molecule has 2 aliphatic rings. The lowest BCUT2D eigenvalue weighted by Crippen LogP contribution is -2.47. The van der Waals surface area contributed by atoms with E-state index in [0.717, 1.165) is 69.8 Å². The summed E-state index contributed by atoms with van der Waals surface area (Å²) >= 11 is 0. The second-order valence-corrected chi connectivity index (χ2v) is 7.36. The number of nitrogens with one attached hydrogen (secondary N) is 2. The highest BCUT2D eigenvalue weighted by atomic mass is 19.1. The number of piperazine rings is 1. The van der Waals surface area contributed by atoms with Crippen LogP contribution < -0.4 is 15.5 Å². The second-order valence-electron chi connectivity index (χ2n) is 7.36. The van der Waals surface area contributed by atoms with Crippen LogP contribution in [-0.2, 0) is 0 Å². The summed E-state index contributed by atoms with van der Waals surface area (Å²) in [5, 5.41) is 6.82. The maximum Gasteiger partial charge on any atom is 0.191 e. The van der Waals surface area contributed by atoms with Gasteiger partial charge in [0.25, 0.3) is 0 Å². The quantitative estimate of drug-likeness (QED) is 0.444. The number of guanidine groups is 1. The van der Waals surface area contributed by atoms with Gasteiger partial charge in [-0.25, -0.2) is 4.39 Å². The average Bonchev–Trinajstić information content (AvgIpc) is 3.34. The van der Waals surface area contributed by atoms with Gasteiger partial charge in [-0.3, -0.25) is 9.89 Å². The molecule has 0 spiro atoms. The maximum atomic E-state index is 13.9. The van der Waals surface area contributed by atoms with E-state index in [1.165, 1.54) is 12.5 Å². The van der Waals surface area contributed by atoms with Crippen LogP contribution in [0.15, 0.2) is 29.3 Å². The number of nitrogens with zero attached hydrogens (tertiary/aromatic N) is 3. The van der Waals surface area contributed by atoms with E-state index in [1.807, 2.05) is 12.1 Å². The summed E-state index contributed by atoms with van der Waals surface area (Å²) in [4.78, 5) is 9.30. The zero-order valence-electron chi connectivity index (χ0n) is 16.0. The molecule has 1 saturated carbocycles. The Balaban J connectivity index is 1.37. The molecule has 2 unspecified atom stereocenters. The minimum atomic E-state index is -0.122. The van der Waals surface area contributed by atoms with E-state index in [4.69, 9.17) is 4.99 Å². The van der Waals surface area contributed by atoms with Crippen LogP contribution in [0.4, 0.5) is 10.1 Å². The van der Waals surface area contributed by atoms with Gasteiger partial charge in [0, 0.05) is 51.9 Å². The number of anilines is 1. The predicted molar refractivity (Wildman–Crippen MR) is 106 cm³/mol. The molecule has 2 fully saturated rings. The first kappa shape index (κ1) is 19.0. The zero-order chi connectivity index (χ0) is 18.4. The standard InChI is InChI=1S/C20H32FN5/c1-3-22-20(24-18-15-16(18)2)23-9-6-10-25-11-13-26(14-12-25)19-8-5-4-7-17(19)21/h4-5,7-8,16,18H,3,6,9-15H2,1-2H3,(H2,22,23,24). The van der Waals surface area contributed by atoms with Crippen LogP contribution in [0.2, 0.25) is 0 Å². The lowest BCUT2D eigenvalue weighted by Gasteiger charge is -2.36. The molecule has 1 aromatic carbocycles. The van der Waals surface area contributed by atoms with Gasteiger partial charge in [0.1, 0.15) is 5.82 Å². The van der Waals surface area contributed by atoms with E-state index in [0.29, 0.717) is 6.04 Å². The van der Waals surface area contributed by atoms with Crippen LogP contribution in [0.1, 0.15) is 26.7 Å². The van der Waals surface area contributed by atoms with Gasteiger partial charge in [-0.05, 0) is 37.8 Å². The van der Waals surface area contributed by atoms with E-state index in [2.05, 4.69) is 34.3 Å². The predicted octanol–water partition coefficient (Wildman–Crippen LogP) is 2.30. The highest BCUT2D eigenvalue weighted by molar-refractivity contribution is 5.80. The summed E-state index contributed by atoms with van der Waals surface area (Å²) in [6.45, 7) is 10.9. The van der Waals surface area contributed by atoms with Crippen molar-refractivity contribution in [2.45, 2.75) is 32.7 Å². The van der Waals surface area contributed by atoms with Crippen LogP contribution in [0.5, 0.6) is 0 Å². The summed E-state index contributed by atoms with van der Waals surface area (Å²) in [5.74, 6) is 1.60. The van der Waals surface area contributed by atoms with Gasteiger partial charge >= 0.3 is 0 Å². The van der Waals surface area contributed by atoms with Gasteiger partial charge in [-0.15, -0.1) is 0 Å². The zero-order valence-corrected chi connectivity index (χ0v) is 16.0. The highest BCUT2D eigenvalue weighted by Crippen LogP contribution is 2.28. The largest absolute Gasteiger partial charge is 0.367 e. The molecule has 0 amide bonds. The van der Waals surface area contributed by atoms with Gasteiger partial charge in [0.05, 0.1) is 5.69 Å². The Kier molecular flexibility index (Phi) is 6.72. The first-order chi connectivity index (χ1) is 12.7. The van der Waals surface area contributed by atoms with E-state index >= 15 is 0 Å². The molecule has 0 radical (unpaired) electrons. The number of hydrogen-bond acceptors (Lipinski definition) is 3. The number of para-hydroxylation sites is 1. The number of aliphatic imine (C=N–C) groups is 1. The Morgan fingerprint density at radius 2 is 1.96 bits per heavy atom. The molecule has 26 heavy (non-hydrogen) atoms. The van der Waals surface area contributed by atoms with Crippen molar-refractivity contribution in [3.63, 3.8) is 0 Å². The third-order valence-corrected chi connectivity index (χ3v) is 5.24. The highest BCUT2D eigenvalue weighted by Gasteiger charge is 2.33. The molecule has 5 nitrogen and oxygen atoms in total. The summed E-state index contributed by atoms with van der Waals surface area (Å²) in [5.41, 5.74) is 0.729. The van der Waals surface area contributed by atoms with Gasteiger partial charge in [-0.2, -0.15) is 0 Å². The molecule has 2 N–H and O–H groups in total. The summed E-state index contributed by atoms with van der Waals surface area (Å²) in [6.07, 6.45) is 2.30. The third-order valence-electron chi connectivity index (χ3n) is 5.24. The monoisotopic (exact) mass is 361 g/mol. The lowest BCUT2D eigenvalue weighted by molar-refractivity contribution is 0.256. The normalized spacial score (nSPS) is 23.8. The third kappa shape index (κ3) is 5.34. The fourth-order valence-corrected chi connectivity index (χ4v) is 3.42. The van der Waals surface area contributed by atoms with Crippen molar-refractivity contribution in [3.8, 4) is 0 Å². The molecule has 2 atom stereocenters. The number of rotatable bonds is 7. The van der Waals surface area contributed by atoms with Crippen molar-refractivity contribution in [3.05, 3.63) is 30.1 Å². The molecule has 1 saturated heterocycles. The van der Waals surface area contributed by atoms with Crippen molar-refractivity contribution in [2.75, 3.05) is 50.7 Å². The van der Waals surface area contributed by atoms with Gasteiger partial charge in [-0.1, -0.05) is 19.1 Å². The Labute approximate surface area is 156 Å². The van der Waals surface area contributed by atoms with Gasteiger partial charge in [0.2, 0.25) is 0 Å². The minimum Gasteiger partial charge on any atom is -0.367 e. The molecular weight excluding hydrogens is 329 g/mol. The fraction of sp³-hybridized carbons (Fsp3) is 0.650. The van der Waals surface area contributed by atoms with E-state index in [9.17, 15) is 4.39 Å². The smallest absolute Gasteiger partial charge is 0.191 e. The molecule has 0 bridgehead atoms. The van der Waals surface area contributed by atoms with Crippen LogP contribution in [-0.4, -0.2) is 62.7 Å². The molecular formula is C20H32FN5. The van der Waals surface area contributed by atoms with Crippen molar-refractivity contribution in [1.82, 2.24) is 15.5 Å². The summed E-state index contributed by atoms with van der Waals surface area (Å²) in [6, 6.07) is 7.66. The molecule has 1 aliphatic heterocycles. The Morgan fingerprint density at radius 1 is 1.23 bits per heavy atom. The molecule has 144 valence electrons. The van der Waals surface area contributed by atoms with Gasteiger partial charge in [0.15, 0.2) is 5.96 Å². The molecule has 0 aromatic heterocycles. The van der Waals surface area contributed by atoms with Crippen LogP contribution >= 0.6 is 0 Å². The maximum absolute atomic E-state index is 13.9. The average molecular weight is 362 g/mol. The Bertz CT molecular complexity index is 598. The topological polar surface area (TPSA) is 42.9 Å². The fourth-order valence-electron chi connectivity index (χ4n) is 3.42. The number of hydrogen-bond donors (Lipinski definition) is 2. The number of halogens is 1. The van der Waals surface area contributed by atoms with Crippen molar-refractivity contribution in [2.24, 2.45) is 10.9 Å². The van der Waals surface area contributed by atoms with Crippen molar-refractivity contribution in [1.29, 1.82) is 0 Å². The molecule has 1 aromatic rings. The molecule has 3 rings (SSSR count). The minimum absolute atomic E-state index is 0.122. The van der Waals surface area contributed by atoms with E-state index in [1.54, 1.807) is 6.07 Å². The lowest BCUT2D eigenvalue weighted by atomic mass is 10.2. The van der Waals surface area contributed by atoms with Crippen molar-refractivity contribution < 1.29 is 4.39 Å². The Hall–Kier alpha value is -1.82. The Morgan fingerprint density at radius 3 is 2.62 bits per heavy atom. The first-order valence-corrected chi connectivity index (χ1v) is 9.94. The van der Waals surface area contributed by atoms with E-state index in [-0.39, 0.29) is 5.82 Å². The second kappa shape index (κ2) is 9.21. The molecule has 6 heteroatoms.